The van der Waals surface area contributed by atoms with Gasteiger partial charge in [0.15, 0.2) is 0 Å². The third-order valence-electron chi connectivity index (χ3n) is 3.03. The van der Waals surface area contributed by atoms with Gasteiger partial charge >= 0.3 is 0 Å². The van der Waals surface area contributed by atoms with E-state index in [1.807, 2.05) is 13.8 Å². The molecule has 0 aromatic rings. The first-order valence-corrected chi connectivity index (χ1v) is 5.23. The number of β-amino-alcohol motifs (C(OH)–C–C–N with tert-alkyl or cyclic N) is 1. The number of hydrogen-bond donors (Lipinski definition) is 2. The molecule has 0 spiro atoms. The standard InChI is InChI=1S/C10H20N2O2/c1-4-7(2)10(14)12(3)8-5-11-6-9(8)13/h7-9,11,13H,4-6H2,1-3H3/t7?,8-,9-/m0/s1. The summed E-state index contributed by atoms with van der Waals surface area (Å²) in [6, 6.07) is -0.0588. The average molecular weight is 200 g/mol. The molecule has 0 radical (unpaired) electrons. The summed E-state index contributed by atoms with van der Waals surface area (Å²) in [7, 11) is 1.77. The summed E-state index contributed by atoms with van der Waals surface area (Å²) >= 11 is 0. The normalized spacial score (nSPS) is 28.9. The number of aliphatic hydroxyl groups is 1. The minimum absolute atomic E-state index is 0.0489. The van der Waals surface area contributed by atoms with Crippen molar-refractivity contribution in [3.63, 3.8) is 0 Å². The molecule has 1 unspecified atom stereocenters. The van der Waals surface area contributed by atoms with Crippen LogP contribution < -0.4 is 5.32 Å². The molecule has 2 N–H and O–H groups in total. The molecule has 4 nitrogen and oxygen atoms in total. The van der Waals surface area contributed by atoms with Crippen molar-refractivity contribution in [2.45, 2.75) is 32.4 Å². The highest BCUT2D eigenvalue weighted by atomic mass is 16.3. The molecule has 0 aromatic heterocycles. The molecule has 3 atom stereocenters. The summed E-state index contributed by atoms with van der Waals surface area (Å²) in [5.41, 5.74) is 0. The Balaban J connectivity index is 2.55. The smallest absolute Gasteiger partial charge is 0.225 e. The summed E-state index contributed by atoms with van der Waals surface area (Å²) in [5.74, 6) is 0.174. The third-order valence-corrected chi connectivity index (χ3v) is 3.03. The van der Waals surface area contributed by atoms with Gasteiger partial charge in [-0.3, -0.25) is 4.79 Å². The summed E-state index contributed by atoms with van der Waals surface area (Å²) in [6.45, 7) is 5.20. The minimum Gasteiger partial charge on any atom is -0.390 e. The second-order valence-electron chi connectivity index (χ2n) is 4.05. The Hall–Kier alpha value is -0.610. The lowest BCUT2D eigenvalue weighted by molar-refractivity contribution is -0.137. The van der Waals surface area contributed by atoms with Gasteiger partial charge in [0, 0.05) is 26.1 Å². The van der Waals surface area contributed by atoms with Gasteiger partial charge in [-0.1, -0.05) is 13.8 Å². The summed E-state index contributed by atoms with van der Waals surface area (Å²) < 4.78 is 0. The van der Waals surface area contributed by atoms with Crippen LogP contribution in [0.5, 0.6) is 0 Å². The first-order valence-electron chi connectivity index (χ1n) is 5.23. The zero-order valence-electron chi connectivity index (χ0n) is 9.16. The van der Waals surface area contributed by atoms with Crippen molar-refractivity contribution in [2.75, 3.05) is 20.1 Å². The van der Waals surface area contributed by atoms with Crippen molar-refractivity contribution in [3.05, 3.63) is 0 Å². The molecule has 0 aromatic carbocycles. The van der Waals surface area contributed by atoms with Gasteiger partial charge in [0.25, 0.3) is 0 Å². The second-order valence-corrected chi connectivity index (χ2v) is 4.05. The fourth-order valence-electron chi connectivity index (χ4n) is 1.73. The van der Waals surface area contributed by atoms with Crippen molar-refractivity contribution in [1.82, 2.24) is 10.2 Å². The molecule has 4 heteroatoms. The van der Waals surface area contributed by atoms with Crippen LogP contribution in [0.15, 0.2) is 0 Å². The summed E-state index contributed by atoms with van der Waals surface area (Å²) in [5, 5.41) is 12.7. The predicted octanol–water partition coefficient (Wildman–Crippen LogP) is -0.176. The first-order chi connectivity index (χ1) is 6.57. The number of likely N-dealkylation sites (N-methyl/N-ethyl adjacent to an activating group) is 1. The van der Waals surface area contributed by atoms with Crippen molar-refractivity contribution >= 4 is 5.91 Å². The number of nitrogens with one attached hydrogen (secondary N) is 1. The number of nitrogens with zero attached hydrogens (tertiary/aromatic N) is 1. The molecule has 14 heavy (non-hydrogen) atoms. The predicted molar refractivity (Wildman–Crippen MR) is 54.9 cm³/mol. The summed E-state index contributed by atoms with van der Waals surface area (Å²) in [4.78, 5) is 13.5. The minimum atomic E-state index is -0.423. The highest BCUT2D eigenvalue weighted by molar-refractivity contribution is 5.78. The van der Waals surface area contributed by atoms with E-state index in [9.17, 15) is 9.90 Å². The van der Waals surface area contributed by atoms with Gasteiger partial charge in [-0.05, 0) is 6.42 Å². The van der Waals surface area contributed by atoms with Gasteiger partial charge in [-0.25, -0.2) is 0 Å². The van der Waals surface area contributed by atoms with Crippen LogP contribution in [-0.4, -0.2) is 48.2 Å². The molecule has 1 fully saturated rings. The average Bonchev–Trinajstić information content (AvgIpc) is 2.61. The lowest BCUT2D eigenvalue weighted by Crippen LogP contribution is -2.46. The van der Waals surface area contributed by atoms with E-state index in [1.54, 1.807) is 11.9 Å². The SMILES string of the molecule is CCC(C)C(=O)N(C)[C@H]1CNC[C@@H]1O. The van der Waals surface area contributed by atoms with E-state index in [-0.39, 0.29) is 17.9 Å². The van der Waals surface area contributed by atoms with E-state index in [0.29, 0.717) is 13.1 Å². The molecular formula is C10H20N2O2. The Morgan fingerprint density at radius 1 is 1.64 bits per heavy atom. The molecule has 82 valence electrons. The van der Waals surface area contributed by atoms with Gasteiger partial charge in [0.1, 0.15) is 0 Å². The topological polar surface area (TPSA) is 52.6 Å². The Kier molecular flexibility index (Phi) is 3.89. The van der Waals surface area contributed by atoms with E-state index in [1.165, 1.54) is 0 Å². The van der Waals surface area contributed by atoms with Crippen LogP contribution in [0, 0.1) is 5.92 Å². The van der Waals surface area contributed by atoms with Gasteiger partial charge in [0.2, 0.25) is 5.91 Å². The third kappa shape index (κ3) is 2.25. The van der Waals surface area contributed by atoms with Crippen LogP contribution in [0.1, 0.15) is 20.3 Å². The maximum Gasteiger partial charge on any atom is 0.225 e. The van der Waals surface area contributed by atoms with Crippen molar-refractivity contribution in [1.29, 1.82) is 0 Å². The van der Waals surface area contributed by atoms with Crippen LogP contribution in [0.25, 0.3) is 0 Å². The van der Waals surface area contributed by atoms with Gasteiger partial charge in [0.05, 0.1) is 12.1 Å². The number of amides is 1. The zero-order valence-corrected chi connectivity index (χ0v) is 9.16. The van der Waals surface area contributed by atoms with Crippen molar-refractivity contribution in [2.24, 2.45) is 5.92 Å². The number of hydrogen-bond acceptors (Lipinski definition) is 3. The van der Waals surface area contributed by atoms with E-state index in [0.717, 1.165) is 6.42 Å². The van der Waals surface area contributed by atoms with Crippen LogP contribution in [0.2, 0.25) is 0 Å². The fourth-order valence-corrected chi connectivity index (χ4v) is 1.73. The van der Waals surface area contributed by atoms with E-state index in [2.05, 4.69) is 5.32 Å². The molecule has 1 saturated heterocycles. The number of rotatable bonds is 3. The second kappa shape index (κ2) is 4.75. The molecule has 0 saturated carbocycles. The molecule has 0 bridgehead atoms. The van der Waals surface area contributed by atoms with Crippen LogP contribution in [-0.2, 0) is 4.79 Å². The number of aliphatic hydroxyl groups excluding tert-OH is 1. The van der Waals surface area contributed by atoms with Crippen LogP contribution in [0.3, 0.4) is 0 Å². The highest BCUT2D eigenvalue weighted by Gasteiger charge is 2.32. The van der Waals surface area contributed by atoms with Gasteiger partial charge in [-0.15, -0.1) is 0 Å². The van der Waals surface area contributed by atoms with E-state index >= 15 is 0 Å². The molecule has 1 amide bonds. The van der Waals surface area contributed by atoms with Gasteiger partial charge in [-0.2, -0.15) is 0 Å². The highest BCUT2D eigenvalue weighted by Crippen LogP contribution is 2.12. The largest absolute Gasteiger partial charge is 0.390 e. The molecule has 0 aliphatic carbocycles. The monoisotopic (exact) mass is 200 g/mol. The lowest BCUT2D eigenvalue weighted by atomic mass is 10.1. The summed E-state index contributed by atoms with van der Waals surface area (Å²) in [6.07, 6.45) is 0.424. The number of carbonyl (C=O) groups is 1. The number of carbonyl (C=O) groups excluding carboxylic acids is 1. The Morgan fingerprint density at radius 2 is 2.29 bits per heavy atom. The molecule has 1 heterocycles. The molecular weight excluding hydrogens is 180 g/mol. The first kappa shape index (κ1) is 11.5. The van der Waals surface area contributed by atoms with E-state index < -0.39 is 6.10 Å². The Bertz CT molecular complexity index is 208. The molecule has 1 aliphatic rings. The Labute approximate surface area is 85.3 Å². The maximum atomic E-state index is 11.8. The Morgan fingerprint density at radius 3 is 2.71 bits per heavy atom. The van der Waals surface area contributed by atoms with Crippen molar-refractivity contribution in [3.8, 4) is 0 Å². The zero-order chi connectivity index (χ0) is 10.7. The molecule has 1 aliphatic heterocycles. The lowest BCUT2D eigenvalue weighted by Gasteiger charge is -2.28. The van der Waals surface area contributed by atoms with Crippen LogP contribution >= 0.6 is 0 Å². The van der Waals surface area contributed by atoms with Crippen molar-refractivity contribution < 1.29 is 9.90 Å². The van der Waals surface area contributed by atoms with Crippen LogP contribution in [0.4, 0.5) is 0 Å². The fraction of sp³-hybridized carbons (Fsp3) is 0.900. The van der Waals surface area contributed by atoms with Gasteiger partial charge < -0.3 is 15.3 Å². The van der Waals surface area contributed by atoms with E-state index in [4.69, 9.17) is 0 Å². The maximum absolute atomic E-state index is 11.8. The molecule has 1 rings (SSSR count). The quantitative estimate of drug-likeness (QED) is 0.664.